The van der Waals surface area contributed by atoms with E-state index in [0.717, 1.165) is 0 Å². The van der Waals surface area contributed by atoms with Gasteiger partial charge in [0.05, 0.1) is 0 Å². The fourth-order valence-corrected chi connectivity index (χ4v) is 2.40. The minimum Gasteiger partial charge on any atom is -0.444 e. The summed E-state index contributed by atoms with van der Waals surface area (Å²) in [7, 11) is 4.84. The van der Waals surface area contributed by atoms with Crippen molar-refractivity contribution < 1.29 is 19.1 Å². The van der Waals surface area contributed by atoms with Crippen LogP contribution >= 0.6 is 0 Å². The molecule has 0 aliphatic carbocycles. The van der Waals surface area contributed by atoms with Crippen molar-refractivity contribution >= 4 is 17.9 Å². The molecule has 0 unspecified atom stereocenters. The van der Waals surface area contributed by atoms with Gasteiger partial charge in [0.15, 0.2) is 0 Å². The molecule has 0 aliphatic heterocycles. The molecule has 0 aromatic rings. The molecule has 7 nitrogen and oxygen atoms in total. The summed E-state index contributed by atoms with van der Waals surface area (Å²) in [5.74, 6) is -0.749. The van der Waals surface area contributed by atoms with Crippen molar-refractivity contribution in [2.24, 2.45) is 11.8 Å². The number of ether oxygens (including phenoxy) is 1. The van der Waals surface area contributed by atoms with Gasteiger partial charge in [-0.15, -0.1) is 0 Å². The molecule has 0 saturated heterocycles. The third-order valence-electron chi connectivity index (χ3n) is 3.67. The minimum atomic E-state index is -0.730. The Hall–Kier alpha value is -1.79. The standard InChI is InChI=1S/C18H35N3O4/c1-11(2)13(16(23)20(8)9)19-15(22)14(12(3)4)21(10)17(24)25-18(5,6)7/h11-14H,1-10H3,(H,19,22)/t13-,14-/m0/s1. The second kappa shape index (κ2) is 9.06. The van der Waals surface area contributed by atoms with Crippen LogP contribution in [-0.2, 0) is 14.3 Å². The van der Waals surface area contributed by atoms with E-state index in [9.17, 15) is 14.4 Å². The first-order valence-corrected chi connectivity index (χ1v) is 8.66. The van der Waals surface area contributed by atoms with Gasteiger partial charge < -0.3 is 15.0 Å². The fourth-order valence-electron chi connectivity index (χ4n) is 2.40. The van der Waals surface area contributed by atoms with E-state index in [1.54, 1.807) is 34.9 Å². The summed E-state index contributed by atoms with van der Waals surface area (Å²) in [4.78, 5) is 40.2. The van der Waals surface area contributed by atoms with E-state index >= 15 is 0 Å². The van der Waals surface area contributed by atoms with Crippen LogP contribution in [0.5, 0.6) is 0 Å². The number of hydrogen-bond acceptors (Lipinski definition) is 4. The van der Waals surface area contributed by atoms with Crippen molar-refractivity contribution in [3.63, 3.8) is 0 Å². The summed E-state index contributed by atoms with van der Waals surface area (Å²) >= 11 is 0. The van der Waals surface area contributed by atoms with Gasteiger partial charge in [-0.2, -0.15) is 0 Å². The molecule has 146 valence electrons. The lowest BCUT2D eigenvalue weighted by atomic mass is 9.99. The smallest absolute Gasteiger partial charge is 0.410 e. The van der Waals surface area contributed by atoms with Gasteiger partial charge in [0.25, 0.3) is 0 Å². The van der Waals surface area contributed by atoms with Gasteiger partial charge >= 0.3 is 6.09 Å². The Labute approximate surface area is 152 Å². The van der Waals surface area contributed by atoms with Crippen LogP contribution in [0.1, 0.15) is 48.5 Å². The third kappa shape index (κ3) is 7.32. The van der Waals surface area contributed by atoms with Crippen LogP contribution < -0.4 is 5.32 Å². The monoisotopic (exact) mass is 357 g/mol. The van der Waals surface area contributed by atoms with Crippen molar-refractivity contribution in [1.29, 1.82) is 0 Å². The Kier molecular flexibility index (Phi) is 8.41. The van der Waals surface area contributed by atoms with Crippen LogP contribution in [0.3, 0.4) is 0 Å². The summed E-state index contributed by atoms with van der Waals surface area (Å²) in [5, 5.41) is 2.80. The summed E-state index contributed by atoms with van der Waals surface area (Å²) < 4.78 is 5.35. The summed E-state index contributed by atoms with van der Waals surface area (Å²) in [5.41, 5.74) is -0.648. The van der Waals surface area contributed by atoms with Crippen molar-refractivity contribution in [2.75, 3.05) is 21.1 Å². The molecule has 2 atom stereocenters. The highest BCUT2D eigenvalue weighted by molar-refractivity contribution is 5.91. The molecule has 25 heavy (non-hydrogen) atoms. The first kappa shape index (κ1) is 23.2. The second-order valence-corrected chi connectivity index (χ2v) is 8.24. The molecular formula is C18H35N3O4. The van der Waals surface area contributed by atoms with Gasteiger partial charge in [-0.3, -0.25) is 14.5 Å². The molecule has 0 aliphatic rings. The average molecular weight is 357 g/mol. The van der Waals surface area contributed by atoms with Crippen LogP contribution in [-0.4, -0.2) is 66.5 Å². The number of likely N-dealkylation sites (N-methyl/N-ethyl adjacent to an activating group) is 2. The predicted molar refractivity (Wildman–Crippen MR) is 98.1 cm³/mol. The summed E-state index contributed by atoms with van der Waals surface area (Å²) in [6.45, 7) is 12.8. The van der Waals surface area contributed by atoms with E-state index in [4.69, 9.17) is 4.74 Å². The van der Waals surface area contributed by atoms with Crippen molar-refractivity contribution in [3.8, 4) is 0 Å². The van der Waals surface area contributed by atoms with Gasteiger partial charge in [0, 0.05) is 21.1 Å². The van der Waals surface area contributed by atoms with Crippen LogP contribution in [0.15, 0.2) is 0 Å². The highest BCUT2D eigenvalue weighted by Crippen LogP contribution is 2.16. The lowest BCUT2D eigenvalue weighted by molar-refractivity contribution is -0.137. The zero-order valence-corrected chi connectivity index (χ0v) is 17.3. The van der Waals surface area contributed by atoms with Crippen molar-refractivity contribution in [2.45, 2.75) is 66.2 Å². The van der Waals surface area contributed by atoms with Gasteiger partial charge in [-0.25, -0.2) is 4.79 Å². The molecule has 0 aromatic carbocycles. The van der Waals surface area contributed by atoms with Crippen molar-refractivity contribution in [3.05, 3.63) is 0 Å². The molecule has 1 N–H and O–H groups in total. The van der Waals surface area contributed by atoms with E-state index in [1.807, 2.05) is 27.7 Å². The minimum absolute atomic E-state index is 0.0708. The van der Waals surface area contributed by atoms with Crippen LogP contribution in [0, 0.1) is 11.8 Å². The lowest BCUT2D eigenvalue weighted by Crippen LogP contribution is -2.57. The number of nitrogens with zero attached hydrogens (tertiary/aromatic N) is 2. The highest BCUT2D eigenvalue weighted by atomic mass is 16.6. The molecule has 0 radical (unpaired) electrons. The number of hydrogen-bond donors (Lipinski definition) is 1. The zero-order valence-electron chi connectivity index (χ0n) is 17.3. The Morgan fingerprint density at radius 2 is 1.40 bits per heavy atom. The maximum atomic E-state index is 12.8. The van der Waals surface area contributed by atoms with E-state index < -0.39 is 23.8 Å². The number of amides is 3. The van der Waals surface area contributed by atoms with Gasteiger partial charge in [-0.05, 0) is 32.6 Å². The number of carbonyl (C=O) groups excluding carboxylic acids is 3. The quantitative estimate of drug-likeness (QED) is 0.790. The average Bonchev–Trinajstić information content (AvgIpc) is 2.41. The summed E-state index contributed by atoms with van der Waals surface area (Å²) in [6.07, 6.45) is -0.568. The number of carbonyl (C=O) groups is 3. The highest BCUT2D eigenvalue weighted by Gasteiger charge is 2.35. The van der Waals surface area contributed by atoms with Crippen LogP contribution in [0.25, 0.3) is 0 Å². The van der Waals surface area contributed by atoms with E-state index in [1.165, 1.54) is 16.8 Å². The maximum absolute atomic E-state index is 12.8. The van der Waals surface area contributed by atoms with Crippen molar-refractivity contribution in [1.82, 2.24) is 15.1 Å². The Morgan fingerprint density at radius 3 is 1.72 bits per heavy atom. The Bertz CT molecular complexity index is 481. The first-order chi connectivity index (χ1) is 11.2. The SMILES string of the molecule is CC(C)[C@H](NC(=O)[C@H](C(C)C)N(C)C(=O)OC(C)(C)C)C(=O)N(C)C. The predicted octanol–water partition coefficient (Wildman–Crippen LogP) is 2.11. The first-order valence-electron chi connectivity index (χ1n) is 8.66. The van der Waals surface area contributed by atoms with Crippen LogP contribution in [0.2, 0.25) is 0 Å². The van der Waals surface area contributed by atoms with E-state index in [-0.39, 0.29) is 23.7 Å². The number of nitrogens with one attached hydrogen (secondary N) is 1. The molecule has 0 fully saturated rings. The van der Waals surface area contributed by atoms with Crippen LogP contribution in [0.4, 0.5) is 4.79 Å². The van der Waals surface area contributed by atoms with Gasteiger partial charge in [0.2, 0.25) is 11.8 Å². The van der Waals surface area contributed by atoms with Gasteiger partial charge in [0.1, 0.15) is 17.7 Å². The largest absolute Gasteiger partial charge is 0.444 e. The third-order valence-corrected chi connectivity index (χ3v) is 3.67. The summed E-state index contributed by atoms with van der Waals surface area (Å²) in [6, 6.07) is -1.37. The lowest BCUT2D eigenvalue weighted by Gasteiger charge is -2.34. The molecule has 0 saturated carbocycles. The molecular weight excluding hydrogens is 322 g/mol. The molecule has 3 amide bonds. The molecule has 0 heterocycles. The second-order valence-electron chi connectivity index (χ2n) is 8.24. The normalized spacial score (nSPS) is 14.1. The molecule has 0 bridgehead atoms. The maximum Gasteiger partial charge on any atom is 0.410 e. The fraction of sp³-hybridized carbons (Fsp3) is 0.833. The van der Waals surface area contributed by atoms with E-state index in [0.29, 0.717) is 0 Å². The van der Waals surface area contributed by atoms with Gasteiger partial charge in [-0.1, -0.05) is 27.7 Å². The molecule has 0 spiro atoms. The molecule has 0 aromatic heterocycles. The number of rotatable bonds is 6. The molecule has 0 rings (SSSR count). The molecule has 7 heteroatoms. The topological polar surface area (TPSA) is 79.0 Å². The van der Waals surface area contributed by atoms with E-state index in [2.05, 4.69) is 5.32 Å². The Morgan fingerprint density at radius 1 is 0.920 bits per heavy atom. The zero-order chi connectivity index (χ0) is 20.1. The Balaban J connectivity index is 5.35.